The molecule has 0 amide bonds. The Labute approximate surface area is 212 Å². The Balaban J connectivity index is 1.32. The molecular weight excluding hydrogens is 474 g/mol. The van der Waals surface area contributed by atoms with Gasteiger partial charge in [0, 0.05) is 36.3 Å². The number of morpholine rings is 1. The molecule has 2 fully saturated rings. The van der Waals surface area contributed by atoms with Gasteiger partial charge in [0.1, 0.15) is 24.0 Å². The summed E-state index contributed by atoms with van der Waals surface area (Å²) in [4.78, 5) is 5.72. The molecule has 0 bridgehead atoms. The number of hydrogen-bond donors (Lipinski definition) is 2. The number of nitrogens with one attached hydrogen (secondary N) is 2. The summed E-state index contributed by atoms with van der Waals surface area (Å²) in [5.74, 6) is -0.296. The normalized spacial score (nSPS) is 22.4. The Morgan fingerprint density at radius 1 is 0.973 bits per heavy atom. The first-order valence-electron chi connectivity index (χ1n) is 12.6. The number of fused-ring (bicyclic) bond motifs is 4. The van der Waals surface area contributed by atoms with Crippen molar-refractivity contribution in [1.29, 1.82) is 5.41 Å². The minimum absolute atomic E-state index is 0.156. The molecule has 0 saturated carbocycles. The van der Waals surface area contributed by atoms with Gasteiger partial charge in [0.25, 0.3) is 0 Å². The Morgan fingerprint density at radius 3 is 2.68 bits per heavy atom. The molecule has 2 N–H and O–H groups in total. The molecule has 2 saturated heterocycles. The number of imidazole rings is 1. The van der Waals surface area contributed by atoms with Gasteiger partial charge in [-0.25, -0.2) is 8.78 Å². The third-order valence-electron chi connectivity index (χ3n) is 7.76. The molecule has 6 nitrogen and oxygen atoms in total. The lowest BCUT2D eigenvalue weighted by Crippen LogP contribution is -2.40. The predicted octanol–water partition coefficient (Wildman–Crippen LogP) is 4.85. The standard InChI is InChI=1S/C29H26F2N4O2/c30-19-2-4-23-18(11-19)15-37-28-12-20(31)3-5-24(28)25(23)9-17-1-6-27-26(10-17)33-29(32)35(27)21-13-22-16-36-8-7-34(22)14-21/h1-6,9-12,21-22H,7-8,13-16H2,(H2,32,33)/b25-9+/t21-,22+/m0/s1. The van der Waals surface area contributed by atoms with Gasteiger partial charge in [0.2, 0.25) is 5.62 Å². The zero-order chi connectivity index (χ0) is 25.1. The lowest BCUT2D eigenvalue weighted by atomic mass is 9.92. The number of benzene rings is 3. The maximum Gasteiger partial charge on any atom is 0.200 e. The topological polar surface area (TPSA) is 66.3 Å². The van der Waals surface area contributed by atoms with Gasteiger partial charge in [-0.05, 0) is 65.6 Å². The van der Waals surface area contributed by atoms with E-state index in [9.17, 15) is 8.78 Å². The van der Waals surface area contributed by atoms with Crippen LogP contribution in [0.2, 0.25) is 0 Å². The van der Waals surface area contributed by atoms with Gasteiger partial charge in [0.05, 0.1) is 30.3 Å². The van der Waals surface area contributed by atoms with E-state index in [0.29, 0.717) is 23.0 Å². The summed E-state index contributed by atoms with van der Waals surface area (Å²) >= 11 is 0. The van der Waals surface area contributed by atoms with E-state index in [0.717, 1.165) is 66.0 Å². The monoisotopic (exact) mass is 500 g/mol. The van der Waals surface area contributed by atoms with Crippen molar-refractivity contribution in [2.45, 2.75) is 25.1 Å². The van der Waals surface area contributed by atoms with Crippen LogP contribution in [0.1, 0.15) is 34.7 Å². The van der Waals surface area contributed by atoms with E-state index in [1.165, 1.54) is 24.3 Å². The summed E-state index contributed by atoms with van der Waals surface area (Å²) in [6.07, 6.45) is 2.99. The van der Waals surface area contributed by atoms with Crippen LogP contribution in [-0.4, -0.2) is 46.8 Å². The Hall–Kier alpha value is -3.75. The predicted molar refractivity (Wildman–Crippen MR) is 136 cm³/mol. The highest BCUT2D eigenvalue weighted by molar-refractivity contribution is 5.95. The zero-order valence-electron chi connectivity index (χ0n) is 20.1. The van der Waals surface area contributed by atoms with Gasteiger partial charge in [-0.15, -0.1) is 0 Å². The average Bonchev–Trinajstić information content (AvgIpc) is 3.41. The first-order valence-corrected chi connectivity index (χ1v) is 12.6. The summed E-state index contributed by atoms with van der Waals surface area (Å²) in [6, 6.07) is 15.9. The van der Waals surface area contributed by atoms with Crippen molar-refractivity contribution >= 4 is 22.7 Å². The fourth-order valence-electron chi connectivity index (χ4n) is 6.04. The second kappa shape index (κ2) is 8.68. The molecule has 3 aliphatic heterocycles. The summed E-state index contributed by atoms with van der Waals surface area (Å²) in [7, 11) is 0. The van der Waals surface area contributed by atoms with Gasteiger partial charge in [0.15, 0.2) is 0 Å². The maximum atomic E-state index is 14.0. The molecule has 8 heteroatoms. The lowest BCUT2D eigenvalue weighted by molar-refractivity contribution is 0.0128. The van der Waals surface area contributed by atoms with E-state index in [1.54, 1.807) is 12.1 Å². The number of rotatable bonds is 2. The third-order valence-corrected chi connectivity index (χ3v) is 7.76. The molecule has 4 aromatic rings. The lowest BCUT2D eigenvalue weighted by Gasteiger charge is -2.28. The van der Waals surface area contributed by atoms with Crippen LogP contribution < -0.4 is 10.4 Å². The number of H-pyrrole nitrogens is 1. The third kappa shape index (κ3) is 3.88. The van der Waals surface area contributed by atoms with Crippen molar-refractivity contribution in [2.75, 3.05) is 26.3 Å². The van der Waals surface area contributed by atoms with Gasteiger partial charge < -0.3 is 19.0 Å². The molecule has 2 atom stereocenters. The Bertz CT molecular complexity index is 1550. The molecule has 3 aromatic carbocycles. The van der Waals surface area contributed by atoms with E-state index in [-0.39, 0.29) is 24.3 Å². The number of nitrogens with zero attached hydrogens (tertiary/aromatic N) is 2. The quantitative estimate of drug-likeness (QED) is 0.414. The van der Waals surface area contributed by atoms with Crippen LogP contribution in [-0.2, 0) is 11.3 Å². The number of ether oxygens (including phenoxy) is 2. The maximum absolute atomic E-state index is 14.0. The van der Waals surface area contributed by atoms with E-state index in [4.69, 9.17) is 14.9 Å². The highest BCUT2D eigenvalue weighted by atomic mass is 19.1. The molecular formula is C29H26F2N4O2. The van der Waals surface area contributed by atoms with Crippen LogP contribution in [0.5, 0.6) is 5.75 Å². The highest BCUT2D eigenvalue weighted by Crippen LogP contribution is 2.39. The minimum Gasteiger partial charge on any atom is -0.488 e. The molecule has 0 radical (unpaired) electrons. The summed E-state index contributed by atoms with van der Waals surface area (Å²) < 4.78 is 41.7. The molecule has 37 heavy (non-hydrogen) atoms. The van der Waals surface area contributed by atoms with Crippen molar-refractivity contribution in [1.82, 2.24) is 14.5 Å². The van der Waals surface area contributed by atoms with Gasteiger partial charge in [-0.3, -0.25) is 10.3 Å². The number of halogens is 2. The van der Waals surface area contributed by atoms with Gasteiger partial charge >= 0.3 is 0 Å². The van der Waals surface area contributed by atoms with Crippen LogP contribution >= 0.6 is 0 Å². The van der Waals surface area contributed by atoms with Crippen LogP contribution in [0, 0.1) is 17.0 Å². The number of aromatic nitrogens is 2. The molecule has 1 aromatic heterocycles. The Morgan fingerprint density at radius 2 is 1.81 bits per heavy atom. The highest BCUT2D eigenvalue weighted by Gasteiger charge is 2.35. The van der Waals surface area contributed by atoms with Crippen LogP contribution in [0.4, 0.5) is 8.78 Å². The van der Waals surface area contributed by atoms with E-state index >= 15 is 0 Å². The molecule has 188 valence electrons. The number of aromatic amines is 1. The molecule has 3 aliphatic rings. The van der Waals surface area contributed by atoms with E-state index in [1.807, 2.05) is 18.2 Å². The molecule has 0 unspecified atom stereocenters. The number of hydrogen-bond acceptors (Lipinski definition) is 4. The average molecular weight is 501 g/mol. The van der Waals surface area contributed by atoms with Crippen molar-refractivity contribution in [3.63, 3.8) is 0 Å². The SMILES string of the molecule is N=c1[nH]c2cc(/C=C3\c4ccc(F)cc4COc4cc(F)ccc43)ccc2n1[C@H]1C[C@@H]2COCCN2C1. The molecule has 0 aliphatic carbocycles. The molecule has 4 heterocycles. The van der Waals surface area contributed by atoms with Crippen molar-refractivity contribution in [2.24, 2.45) is 0 Å². The smallest absolute Gasteiger partial charge is 0.200 e. The van der Waals surface area contributed by atoms with Gasteiger partial charge in [-0.2, -0.15) is 0 Å². The minimum atomic E-state index is -0.384. The summed E-state index contributed by atoms with van der Waals surface area (Å²) in [6.45, 7) is 3.54. The summed E-state index contributed by atoms with van der Waals surface area (Å²) in [5.41, 5.74) is 6.31. The Kier molecular flexibility index (Phi) is 5.26. The first kappa shape index (κ1) is 22.4. The van der Waals surface area contributed by atoms with Crippen LogP contribution in [0.25, 0.3) is 22.7 Å². The van der Waals surface area contributed by atoms with Crippen molar-refractivity contribution < 1.29 is 18.3 Å². The zero-order valence-corrected chi connectivity index (χ0v) is 20.1. The first-order chi connectivity index (χ1) is 18.0. The van der Waals surface area contributed by atoms with E-state index in [2.05, 4.69) is 20.5 Å². The second-order valence-electron chi connectivity index (χ2n) is 10.0. The largest absolute Gasteiger partial charge is 0.488 e. The molecule has 7 rings (SSSR count). The van der Waals surface area contributed by atoms with Crippen molar-refractivity contribution in [3.8, 4) is 5.75 Å². The fourth-order valence-corrected chi connectivity index (χ4v) is 6.04. The van der Waals surface area contributed by atoms with Crippen LogP contribution in [0.3, 0.4) is 0 Å². The van der Waals surface area contributed by atoms with Crippen molar-refractivity contribution in [3.05, 3.63) is 94.1 Å². The van der Waals surface area contributed by atoms with Crippen LogP contribution in [0.15, 0.2) is 54.6 Å². The summed E-state index contributed by atoms with van der Waals surface area (Å²) in [5, 5.41) is 8.67. The van der Waals surface area contributed by atoms with Gasteiger partial charge in [-0.1, -0.05) is 12.1 Å². The molecule has 0 spiro atoms. The van der Waals surface area contributed by atoms with E-state index < -0.39 is 0 Å². The fraction of sp³-hybridized carbons (Fsp3) is 0.276. The second-order valence-corrected chi connectivity index (χ2v) is 10.0.